The van der Waals surface area contributed by atoms with E-state index in [1.807, 2.05) is 6.92 Å². The van der Waals surface area contributed by atoms with Gasteiger partial charge < -0.3 is 10.1 Å². The maximum absolute atomic E-state index is 11.1. The molecule has 1 aromatic rings. The van der Waals surface area contributed by atoms with Gasteiger partial charge >= 0.3 is 5.69 Å². The molecule has 0 radical (unpaired) electrons. The van der Waals surface area contributed by atoms with Crippen LogP contribution in [0, 0.1) is 16.0 Å². The zero-order chi connectivity index (χ0) is 13.7. The van der Waals surface area contributed by atoms with Gasteiger partial charge in [-0.05, 0) is 25.7 Å². The van der Waals surface area contributed by atoms with E-state index in [1.54, 1.807) is 0 Å². The van der Waals surface area contributed by atoms with E-state index < -0.39 is 4.92 Å². The van der Waals surface area contributed by atoms with Crippen molar-refractivity contribution in [2.24, 2.45) is 5.92 Å². The Bertz CT molecular complexity index is 447. The van der Waals surface area contributed by atoms with Gasteiger partial charge in [0.25, 0.3) is 5.88 Å². The minimum atomic E-state index is -0.498. The summed E-state index contributed by atoms with van der Waals surface area (Å²) in [5.74, 6) is 0.754. The third-order valence-electron chi connectivity index (χ3n) is 3.25. The number of hydrogen-bond donors (Lipinski definition) is 1. The van der Waals surface area contributed by atoms with Gasteiger partial charge in [0.1, 0.15) is 6.33 Å². The van der Waals surface area contributed by atoms with Gasteiger partial charge in [-0.25, -0.2) is 4.98 Å². The Hall–Kier alpha value is -1.92. The monoisotopic (exact) mass is 266 g/mol. The van der Waals surface area contributed by atoms with Gasteiger partial charge in [-0.2, -0.15) is 4.98 Å². The lowest BCUT2D eigenvalue weighted by Gasteiger charge is -2.11. The lowest BCUT2D eigenvalue weighted by Crippen LogP contribution is -2.12. The van der Waals surface area contributed by atoms with Gasteiger partial charge in [-0.1, -0.05) is 12.8 Å². The Labute approximate surface area is 111 Å². The fraction of sp³-hybridized carbons (Fsp3) is 0.667. The van der Waals surface area contributed by atoms with E-state index in [-0.39, 0.29) is 17.4 Å². The first-order valence-corrected chi connectivity index (χ1v) is 6.58. The molecular weight excluding hydrogens is 248 g/mol. The first kappa shape index (κ1) is 13.5. The highest BCUT2D eigenvalue weighted by atomic mass is 16.6. The van der Waals surface area contributed by atoms with Crippen LogP contribution in [0.4, 0.5) is 11.5 Å². The number of nitrogens with zero attached hydrogens (tertiary/aromatic N) is 3. The smallest absolute Gasteiger partial charge is 0.372 e. The second-order valence-corrected chi connectivity index (χ2v) is 4.62. The zero-order valence-electron chi connectivity index (χ0n) is 11.0. The van der Waals surface area contributed by atoms with Gasteiger partial charge in [0.05, 0.1) is 11.5 Å². The summed E-state index contributed by atoms with van der Waals surface area (Å²) < 4.78 is 5.54. The summed E-state index contributed by atoms with van der Waals surface area (Å²) in [7, 11) is 0. The van der Waals surface area contributed by atoms with Gasteiger partial charge in [0.2, 0.25) is 5.82 Å². The summed E-state index contributed by atoms with van der Waals surface area (Å²) in [5.41, 5.74) is -0.178. The van der Waals surface area contributed by atoms with Crippen LogP contribution in [-0.4, -0.2) is 28.0 Å². The van der Waals surface area contributed by atoms with Crippen molar-refractivity contribution < 1.29 is 9.66 Å². The van der Waals surface area contributed by atoms with Crippen molar-refractivity contribution in [3.8, 4) is 5.88 Å². The summed E-state index contributed by atoms with van der Waals surface area (Å²) in [6.45, 7) is 2.90. The molecule has 0 spiro atoms. The molecule has 0 unspecified atom stereocenters. The van der Waals surface area contributed by atoms with Crippen LogP contribution in [0.1, 0.15) is 32.6 Å². The highest BCUT2D eigenvalue weighted by molar-refractivity contribution is 5.60. The number of nitrogens with one attached hydrogen (secondary N) is 1. The van der Waals surface area contributed by atoms with E-state index >= 15 is 0 Å². The molecule has 0 aliphatic heterocycles. The van der Waals surface area contributed by atoms with Crippen LogP contribution in [0.15, 0.2) is 6.33 Å². The molecular formula is C12H18N4O3. The van der Waals surface area contributed by atoms with Gasteiger partial charge in [0.15, 0.2) is 0 Å². The molecule has 0 saturated heterocycles. The second-order valence-electron chi connectivity index (χ2n) is 4.62. The molecule has 1 heterocycles. The van der Waals surface area contributed by atoms with Crippen molar-refractivity contribution in [3.63, 3.8) is 0 Å². The molecule has 0 aromatic carbocycles. The molecule has 2 rings (SSSR count). The van der Waals surface area contributed by atoms with Crippen LogP contribution >= 0.6 is 0 Å². The number of rotatable bonds is 6. The Morgan fingerprint density at radius 2 is 2.21 bits per heavy atom. The van der Waals surface area contributed by atoms with Crippen LogP contribution in [0.5, 0.6) is 5.88 Å². The van der Waals surface area contributed by atoms with Crippen LogP contribution < -0.4 is 10.1 Å². The largest absolute Gasteiger partial charge is 0.472 e. The first-order valence-electron chi connectivity index (χ1n) is 6.58. The summed E-state index contributed by atoms with van der Waals surface area (Å²) >= 11 is 0. The quantitative estimate of drug-likeness (QED) is 0.628. The van der Waals surface area contributed by atoms with E-state index in [2.05, 4.69) is 15.3 Å². The highest BCUT2D eigenvalue weighted by Crippen LogP contribution is 2.32. The molecule has 0 atom stereocenters. The molecule has 7 heteroatoms. The van der Waals surface area contributed by atoms with Gasteiger partial charge in [-0.15, -0.1) is 0 Å². The Kier molecular flexibility index (Phi) is 4.48. The van der Waals surface area contributed by atoms with Crippen LogP contribution in [-0.2, 0) is 0 Å². The Morgan fingerprint density at radius 3 is 2.84 bits per heavy atom. The second kappa shape index (κ2) is 6.31. The number of hydrogen-bond acceptors (Lipinski definition) is 6. The molecule has 104 valence electrons. The molecule has 0 bridgehead atoms. The fourth-order valence-corrected chi connectivity index (χ4v) is 2.30. The maximum Gasteiger partial charge on any atom is 0.372 e. The molecule has 1 aliphatic carbocycles. The topological polar surface area (TPSA) is 90.2 Å². The Balaban J connectivity index is 2.13. The molecule has 0 amide bonds. The Morgan fingerprint density at radius 1 is 1.47 bits per heavy atom. The predicted molar refractivity (Wildman–Crippen MR) is 70.3 cm³/mol. The normalized spacial score (nSPS) is 15.4. The average molecular weight is 266 g/mol. The van der Waals surface area contributed by atoms with Crippen molar-refractivity contribution >= 4 is 11.5 Å². The van der Waals surface area contributed by atoms with E-state index in [0.29, 0.717) is 19.1 Å². The number of ether oxygens (including phenoxy) is 1. The van der Waals surface area contributed by atoms with Crippen molar-refractivity contribution in [1.29, 1.82) is 0 Å². The van der Waals surface area contributed by atoms with Crippen molar-refractivity contribution in [2.45, 2.75) is 32.6 Å². The minimum absolute atomic E-state index is 0.0582. The molecule has 1 saturated carbocycles. The molecule has 19 heavy (non-hydrogen) atoms. The lowest BCUT2D eigenvalue weighted by atomic mass is 10.1. The molecule has 1 aromatic heterocycles. The van der Waals surface area contributed by atoms with E-state index in [0.717, 1.165) is 12.8 Å². The predicted octanol–water partition coefficient (Wildman–Crippen LogP) is 2.39. The molecule has 1 aliphatic rings. The fourth-order valence-electron chi connectivity index (χ4n) is 2.30. The number of aromatic nitrogens is 2. The summed E-state index contributed by atoms with van der Waals surface area (Å²) in [5, 5.41) is 14.0. The first-order chi connectivity index (χ1) is 9.22. The highest BCUT2D eigenvalue weighted by Gasteiger charge is 2.25. The molecule has 7 nitrogen and oxygen atoms in total. The van der Waals surface area contributed by atoms with E-state index in [1.165, 1.54) is 19.2 Å². The third kappa shape index (κ3) is 3.30. The lowest BCUT2D eigenvalue weighted by molar-refractivity contribution is -0.385. The average Bonchev–Trinajstić information content (AvgIpc) is 2.89. The number of nitro groups is 1. The van der Waals surface area contributed by atoms with E-state index in [9.17, 15) is 10.1 Å². The summed E-state index contributed by atoms with van der Waals surface area (Å²) in [6, 6.07) is 0. The van der Waals surface area contributed by atoms with Crippen molar-refractivity contribution in [2.75, 3.05) is 18.5 Å². The van der Waals surface area contributed by atoms with Crippen molar-refractivity contribution in [1.82, 2.24) is 9.97 Å². The molecule has 1 N–H and O–H groups in total. The molecule has 1 fully saturated rings. The van der Waals surface area contributed by atoms with Gasteiger partial charge in [0, 0.05) is 6.54 Å². The van der Waals surface area contributed by atoms with Crippen LogP contribution in [0.3, 0.4) is 0 Å². The minimum Gasteiger partial charge on any atom is -0.472 e. The van der Waals surface area contributed by atoms with E-state index in [4.69, 9.17) is 4.74 Å². The SMILES string of the molecule is CCNc1ncnc(OCC2CCCC2)c1[N+](=O)[O-]. The van der Waals surface area contributed by atoms with Crippen LogP contribution in [0.2, 0.25) is 0 Å². The van der Waals surface area contributed by atoms with Gasteiger partial charge in [-0.3, -0.25) is 10.1 Å². The standard InChI is InChI=1S/C12H18N4O3/c1-2-13-11-10(16(17)18)12(15-8-14-11)19-7-9-5-3-4-6-9/h8-9H,2-7H2,1H3,(H,13,14,15). The van der Waals surface area contributed by atoms with Crippen molar-refractivity contribution in [3.05, 3.63) is 16.4 Å². The number of anilines is 1. The summed E-state index contributed by atoms with van der Waals surface area (Å²) in [6.07, 6.45) is 5.96. The third-order valence-corrected chi connectivity index (χ3v) is 3.25. The zero-order valence-corrected chi connectivity index (χ0v) is 11.0. The van der Waals surface area contributed by atoms with Crippen LogP contribution in [0.25, 0.3) is 0 Å². The summed E-state index contributed by atoms with van der Waals surface area (Å²) in [4.78, 5) is 18.4. The maximum atomic E-state index is 11.1.